The topological polar surface area (TPSA) is 21.3 Å². The van der Waals surface area contributed by atoms with E-state index in [1.54, 1.807) is 12.1 Å². The van der Waals surface area contributed by atoms with Crippen molar-refractivity contribution < 1.29 is 17.4 Å². The number of rotatable bonds is 6. The van der Waals surface area contributed by atoms with Crippen LogP contribution in [-0.2, 0) is 0 Å². The van der Waals surface area contributed by atoms with E-state index in [9.17, 15) is 13.2 Å². The third kappa shape index (κ3) is 5.82. The van der Waals surface area contributed by atoms with Gasteiger partial charge in [0.15, 0.2) is 12.0 Å². The van der Waals surface area contributed by atoms with Gasteiger partial charge in [0.05, 0.1) is 0 Å². The van der Waals surface area contributed by atoms with E-state index in [0.29, 0.717) is 0 Å². The highest BCUT2D eigenvalue weighted by molar-refractivity contribution is 7.97. The molecule has 0 radical (unpaired) electrons. The number of halogens is 3. The summed E-state index contributed by atoms with van der Waals surface area (Å²) < 4.78 is 44.0. The molecule has 0 amide bonds. The van der Waals surface area contributed by atoms with Gasteiger partial charge in [-0.25, -0.2) is 0 Å². The Hall–Kier alpha value is -1.31. The molecule has 0 aliphatic heterocycles. The second-order valence-corrected chi connectivity index (χ2v) is 6.14. The van der Waals surface area contributed by atoms with Crippen LogP contribution in [0, 0.1) is 0 Å². The maximum Gasteiger partial charge on any atom is 0.479 e. The average Bonchev–Trinajstić information content (AvgIpc) is 2.51. The van der Waals surface area contributed by atoms with Crippen LogP contribution in [0.3, 0.4) is 0 Å². The zero-order chi connectivity index (χ0) is 16.0. The minimum atomic E-state index is -4.40. The standard InChI is InChI=1S/C15H14F3NOS2/c1-11(19-21-14-5-3-2-4-6-14)12-7-9-13(10-8-12)20-22-15(16,17)18/h2-11,19H,1H3. The lowest BCUT2D eigenvalue weighted by molar-refractivity contribution is -0.0369. The highest BCUT2D eigenvalue weighted by atomic mass is 32.2. The molecular weight excluding hydrogens is 331 g/mol. The molecule has 22 heavy (non-hydrogen) atoms. The van der Waals surface area contributed by atoms with Gasteiger partial charge in [0.25, 0.3) is 0 Å². The van der Waals surface area contributed by atoms with Crippen LogP contribution in [-0.4, -0.2) is 5.51 Å². The maximum absolute atomic E-state index is 12.0. The van der Waals surface area contributed by atoms with Crippen molar-refractivity contribution >= 4 is 24.0 Å². The third-order valence-electron chi connectivity index (χ3n) is 2.71. The molecule has 2 aromatic carbocycles. The van der Waals surface area contributed by atoms with Crippen molar-refractivity contribution in [3.63, 3.8) is 0 Å². The van der Waals surface area contributed by atoms with E-state index in [-0.39, 0.29) is 11.8 Å². The Morgan fingerprint density at radius 1 is 1.00 bits per heavy atom. The molecule has 0 aliphatic carbocycles. The quantitative estimate of drug-likeness (QED) is 0.544. The van der Waals surface area contributed by atoms with E-state index >= 15 is 0 Å². The summed E-state index contributed by atoms with van der Waals surface area (Å²) in [4.78, 5) is 1.09. The van der Waals surface area contributed by atoms with Crippen LogP contribution < -0.4 is 8.91 Å². The molecule has 0 saturated carbocycles. The minimum Gasteiger partial charge on any atom is -0.417 e. The Kier molecular flexibility index (Phi) is 6.05. The molecule has 7 heteroatoms. The van der Waals surface area contributed by atoms with Gasteiger partial charge in [-0.15, -0.1) is 0 Å². The molecule has 118 valence electrons. The summed E-state index contributed by atoms with van der Waals surface area (Å²) in [6, 6.07) is 16.5. The Morgan fingerprint density at radius 3 is 2.23 bits per heavy atom. The molecule has 0 bridgehead atoms. The van der Waals surface area contributed by atoms with Crippen LogP contribution in [0.15, 0.2) is 59.5 Å². The largest absolute Gasteiger partial charge is 0.479 e. The Balaban J connectivity index is 1.86. The number of hydrogen-bond acceptors (Lipinski definition) is 4. The molecule has 0 heterocycles. The lowest BCUT2D eigenvalue weighted by Crippen LogP contribution is -2.10. The van der Waals surface area contributed by atoms with Crippen molar-refractivity contribution in [1.82, 2.24) is 4.72 Å². The van der Waals surface area contributed by atoms with E-state index in [0.717, 1.165) is 10.5 Å². The Bertz CT molecular complexity index is 576. The molecule has 2 aromatic rings. The van der Waals surface area contributed by atoms with Crippen LogP contribution in [0.2, 0.25) is 0 Å². The Morgan fingerprint density at radius 2 is 1.64 bits per heavy atom. The number of hydrogen-bond donors (Lipinski definition) is 1. The summed E-state index contributed by atoms with van der Waals surface area (Å²) in [5.41, 5.74) is -3.44. The molecule has 0 fully saturated rings. The van der Waals surface area contributed by atoms with E-state index in [1.165, 1.54) is 24.1 Å². The van der Waals surface area contributed by atoms with Gasteiger partial charge in [0.2, 0.25) is 0 Å². The van der Waals surface area contributed by atoms with Crippen LogP contribution in [0.4, 0.5) is 13.2 Å². The fourth-order valence-corrected chi connectivity index (χ4v) is 2.66. The second-order valence-electron chi connectivity index (χ2n) is 4.44. The number of alkyl halides is 3. The van der Waals surface area contributed by atoms with Crippen LogP contribution >= 0.6 is 24.0 Å². The van der Waals surface area contributed by atoms with Crippen molar-refractivity contribution in [1.29, 1.82) is 0 Å². The SMILES string of the molecule is CC(NSc1ccccc1)c1ccc(OSC(F)(F)F)cc1. The fourth-order valence-electron chi connectivity index (χ4n) is 1.62. The maximum atomic E-state index is 12.0. The molecule has 0 spiro atoms. The van der Waals surface area contributed by atoms with Crippen molar-refractivity contribution in [3.05, 3.63) is 60.2 Å². The molecule has 1 unspecified atom stereocenters. The summed E-state index contributed by atoms with van der Waals surface area (Å²) in [5, 5.41) is 0. The minimum absolute atomic E-state index is 0.0505. The first-order valence-corrected chi connectivity index (χ1v) is 7.99. The molecule has 1 N–H and O–H groups in total. The summed E-state index contributed by atoms with van der Waals surface area (Å²) in [7, 11) is 0. The van der Waals surface area contributed by atoms with Crippen molar-refractivity contribution in [3.8, 4) is 5.75 Å². The van der Waals surface area contributed by atoms with Gasteiger partial charge in [-0.3, -0.25) is 4.72 Å². The highest BCUT2D eigenvalue weighted by Crippen LogP contribution is 2.32. The van der Waals surface area contributed by atoms with Gasteiger partial charge in [0.1, 0.15) is 5.75 Å². The summed E-state index contributed by atoms with van der Waals surface area (Å²) in [6.07, 6.45) is 0. The summed E-state index contributed by atoms with van der Waals surface area (Å²) in [5.74, 6) is 0.175. The molecular formula is C15H14F3NOS2. The number of benzene rings is 2. The zero-order valence-electron chi connectivity index (χ0n) is 11.6. The average molecular weight is 345 g/mol. The van der Waals surface area contributed by atoms with Gasteiger partial charge in [-0.2, -0.15) is 13.2 Å². The van der Waals surface area contributed by atoms with Crippen LogP contribution in [0.25, 0.3) is 0 Å². The van der Waals surface area contributed by atoms with Crippen LogP contribution in [0.5, 0.6) is 5.75 Å². The van der Waals surface area contributed by atoms with Gasteiger partial charge in [-0.1, -0.05) is 30.3 Å². The van der Waals surface area contributed by atoms with Gasteiger partial charge in [-0.05, 0) is 48.7 Å². The van der Waals surface area contributed by atoms with E-state index in [2.05, 4.69) is 8.91 Å². The second kappa shape index (κ2) is 7.80. The third-order valence-corrected chi connectivity index (χ3v) is 4.15. The first-order chi connectivity index (χ1) is 10.4. The molecule has 0 saturated heterocycles. The van der Waals surface area contributed by atoms with Gasteiger partial charge >= 0.3 is 5.51 Å². The predicted molar refractivity (Wildman–Crippen MR) is 84.6 cm³/mol. The lowest BCUT2D eigenvalue weighted by atomic mass is 10.1. The monoisotopic (exact) mass is 345 g/mol. The highest BCUT2D eigenvalue weighted by Gasteiger charge is 2.31. The van der Waals surface area contributed by atoms with Crippen molar-refractivity contribution in [2.24, 2.45) is 0 Å². The normalized spacial score (nSPS) is 12.9. The van der Waals surface area contributed by atoms with Crippen molar-refractivity contribution in [2.75, 3.05) is 0 Å². The molecule has 0 aliphatic rings. The van der Waals surface area contributed by atoms with Gasteiger partial charge < -0.3 is 4.18 Å². The lowest BCUT2D eigenvalue weighted by Gasteiger charge is -2.14. The van der Waals surface area contributed by atoms with E-state index < -0.39 is 17.6 Å². The Labute approximate surface area is 135 Å². The summed E-state index contributed by atoms with van der Waals surface area (Å²) >= 11 is 0.996. The van der Waals surface area contributed by atoms with Gasteiger partial charge in [0, 0.05) is 10.9 Å². The van der Waals surface area contributed by atoms with Crippen molar-refractivity contribution in [2.45, 2.75) is 23.4 Å². The first-order valence-electron chi connectivity index (χ1n) is 6.44. The van der Waals surface area contributed by atoms with Crippen LogP contribution in [0.1, 0.15) is 18.5 Å². The first kappa shape index (κ1) is 17.1. The fraction of sp³-hybridized carbons (Fsp3) is 0.200. The number of nitrogens with one attached hydrogen (secondary N) is 1. The molecule has 2 nitrogen and oxygen atoms in total. The molecule has 1 atom stereocenters. The predicted octanol–water partition coefficient (Wildman–Crippen LogP) is 5.59. The summed E-state index contributed by atoms with van der Waals surface area (Å²) in [6.45, 7) is 1.98. The van der Waals surface area contributed by atoms with E-state index in [4.69, 9.17) is 0 Å². The molecule has 2 rings (SSSR count). The molecule has 0 aromatic heterocycles. The van der Waals surface area contributed by atoms with E-state index in [1.807, 2.05) is 37.3 Å². The smallest absolute Gasteiger partial charge is 0.417 e. The zero-order valence-corrected chi connectivity index (χ0v) is 13.3.